The number of ether oxygens (including phenoxy) is 1. The van der Waals surface area contributed by atoms with Crippen molar-refractivity contribution in [1.29, 1.82) is 0 Å². The topological polar surface area (TPSA) is 58.9 Å². The molecule has 3 aliphatic carbocycles. The van der Waals surface area contributed by atoms with Gasteiger partial charge in [-0.25, -0.2) is 0 Å². The van der Waals surface area contributed by atoms with Crippen molar-refractivity contribution in [1.82, 2.24) is 0 Å². The fourth-order valence-corrected chi connectivity index (χ4v) is 3.05. The summed E-state index contributed by atoms with van der Waals surface area (Å²) in [6, 6.07) is 0. The fourth-order valence-electron chi connectivity index (χ4n) is 3.05. The van der Waals surface area contributed by atoms with E-state index in [0.717, 1.165) is 38.5 Å². The highest BCUT2D eigenvalue weighted by Gasteiger charge is 2.52. The van der Waals surface area contributed by atoms with E-state index in [1.807, 2.05) is 0 Å². The van der Waals surface area contributed by atoms with Crippen molar-refractivity contribution >= 4 is 12.2 Å². The highest BCUT2D eigenvalue weighted by molar-refractivity contribution is 5.78. The number of hydrogen-bond donors (Lipinski definition) is 1. The summed E-state index contributed by atoms with van der Waals surface area (Å²) in [7, 11) is 1.46. The zero-order valence-corrected chi connectivity index (χ0v) is 9.03. The first-order chi connectivity index (χ1) is 7.16. The van der Waals surface area contributed by atoms with Crippen LogP contribution in [0.2, 0.25) is 0 Å². The summed E-state index contributed by atoms with van der Waals surface area (Å²) in [5.74, 6) is -0.0586. The average Bonchev–Trinajstić information content (AvgIpc) is 2.30. The maximum absolute atomic E-state index is 11.7. The van der Waals surface area contributed by atoms with Crippen LogP contribution in [0.4, 0.5) is 0 Å². The quantitative estimate of drug-likeness (QED) is 0.329. The van der Waals surface area contributed by atoms with E-state index in [0.29, 0.717) is 0 Å². The molecular formula is C11H17NO3. The number of oxime groups is 1. The lowest BCUT2D eigenvalue weighted by Gasteiger charge is -2.49. The molecule has 1 N–H and O–H groups in total. The molecule has 0 heterocycles. The molecule has 4 nitrogen and oxygen atoms in total. The minimum atomic E-state index is -0.236. The number of esters is 1. The Hall–Kier alpha value is -1.06. The van der Waals surface area contributed by atoms with Gasteiger partial charge in [0, 0.05) is 11.6 Å². The highest BCUT2D eigenvalue weighted by Crippen LogP contribution is 2.56. The smallest absolute Gasteiger partial charge is 0.311 e. The van der Waals surface area contributed by atoms with Crippen molar-refractivity contribution in [3.05, 3.63) is 0 Å². The summed E-state index contributed by atoms with van der Waals surface area (Å²) in [6.07, 6.45) is 7.07. The van der Waals surface area contributed by atoms with Gasteiger partial charge in [0.05, 0.1) is 12.5 Å². The van der Waals surface area contributed by atoms with Gasteiger partial charge in [0.25, 0.3) is 0 Å². The van der Waals surface area contributed by atoms with Crippen molar-refractivity contribution < 1.29 is 14.7 Å². The van der Waals surface area contributed by atoms with E-state index in [1.54, 1.807) is 6.21 Å². The molecule has 3 saturated carbocycles. The molecule has 0 aromatic carbocycles. The van der Waals surface area contributed by atoms with Crippen LogP contribution in [0.5, 0.6) is 0 Å². The Morgan fingerprint density at radius 3 is 2.20 bits per heavy atom. The minimum absolute atomic E-state index is 0.0462. The van der Waals surface area contributed by atoms with E-state index in [-0.39, 0.29) is 16.8 Å². The van der Waals surface area contributed by atoms with Crippen molar-refractivity contribution in [3.63, 3.8) is 0 Å². The van der Waals surface area contributed by atoms with Crippen molar-refractivity contribution in [2.24, 2.45) is 16.0 Å². The van der Waals surface area contributed by atoms with Crippen molar-refractivity contribution in [3.8, 4) is 0 Å². The Morgan fingerprint density at radius 1 is 1.27 bits per heavy atom. The Balaban J connectivity index is 2.13. The highest BCUT2D eigenvalue weighted by atomic mass is 16.5. The maximum atomic E-state index is 11.7. The van der Waals surface area contributed by atoms with Gasteiger partial charge in [0.1, 0.15) is 0 Å². The van der Waals surface area contributed by atoms with Gasteiger partial charge >= 0.3 is 5.97 Å². The molecule has 0 aromatic heterocycles. The van der Waals surface area contributed by atoms with Gasteiger partial charge in [0.15, 0.2) is 0 Å². The number of fused-ring (bicyclic) bond motifs is 3. The molecule has 0 unspecified atom stereocenters. The predicted octanol–water partition coefficient (Wildman–Crippen LogP) is 1.96. The molecule has 2 bridgehead atoms. The number of hydrogen-bond acceptors (Lipinski definition) is 4. The van der Waals surface area contributed by atoms with Gasteiger partial charge in [-0.1, -0.05) is 0 Å². The number of carbonyl (C=O) groups is 1. The Morgan fingerprint density at radius 2 is 1.80 bits per heavy atom. The number of carbonyl (C=O) groups excluding carboxylic acids is 1. The van der Waals surface area contributed by atoms with Crippen LogP contribution in [0.25, 0.3) is 0 Å². The van der Waals surface area contributed by atoms with E-state index >= 15 is 0 Å². The minimum Gasteiger partial charge on any atom is -0.469 e. The predicted molar refractivity (Wildman–Crippen MR) is 54.9 cm³/mol. The van der Waals surface area contributed by atoms with Gasteiger partial charge < -0.3 is 9.94 Å². The van der Waals surface area contributed by atoms with Crippen LogP contribution in [-0.4, -0.2) is 24.5 Å². The SMILES string of the molecule is COC(=O)C12CCC(C=NO)(CC1)CC2. The summed E-state index contributed by atoms with van der Waals surface area (Å²) in [4.78, 5) is 11.7. The van der Waals surface area contributed by atoms with E-state index < -0.39 is 0 Å². The van der Waals surface area contributed by atoms with Crippen LogP contribution in [0.3, 0.4) is 0 Å². The second kappa shape index (κ2) is 3.51. The molecule has 0 aliphatic heterocycles. The van der Waals surface area contributed by atoms with Crippen LogP contribution in [0.1, 0.15) is 38.5 Å². The monoisotopic (exact) mass is 211 g/mol. The normalized spacial score (nSPS) is 39.5. The van der Waals surface area contributed by atoms with Crippen LogP contribution in [0.15, 0.2) is 5.16 Å². The molecule has 0 spiro atoms. The van der Waals surface area contributed by atoms with E-state index in [1.165, 1.54) is 7.11 Å². The van der Waals surface area contributed by atoms with E-state index in [9.17, 15) is 4.79 Å². The summed E-state index contributed by atoms with van der Waals surface area (Å²) in [5, 5.41) is 11.8. The third-order valence-electron chi connectivity index (χ3n) is 4.25. The van der Waals surface area contributed by atoms with Gasteiger partial charge in [-0.05, 0) is 38.5 Å². The van der Waals surface area contributed by atoms with Crippen LogP contribution in [0, 0.1) is 10.8 Å². The Labute approximate surface area is 89.3 Å². The lowest BCUT2D eigenvalue weighted by atomic mass is 9.54. The van der Waals surface area contributed by atoms with Crippen LogP contribution in [-0.2, 0) is 9.53 Å². The van der Waals surface area contributed by atoms with Gasteiger partial charge in [0.2, 0.25) is 0 Å². The molecular weight excluding hydrogens is 194 g/mol. The fraction of sp³-hybridized carbons (Fsp3) is 0.818. The van der Waals surface area contributed by atoms with Gasteiger partial charge in [-0.2, -0.15) is 0 Å². The summed E-state index contributed by atoms with van der Waals surface area (Å²) < 4.78 is 4.88. The summed E-state index contributed by atoms with van der Waals surface area (Å²) in [6.45, 7) is 0. The molecule has 15 heavy (non-hydrogen) atoms. The van der Waals surface area contributed by atoms with Crippen LogP contribution >= 0.6 is 0 Å². The zero-order chi connectivity index (χ0) is 10.9. The van der Waals surface area contributed by atoms with E-state index in [4.69, 9.17) is 9.94 Å². The molecule has 3 aliphatic rings. The largest absolute Gasteiger partial charge is 0.469 e. The lowest BCUT2D eigenvalue weighted by molar-refractivity contribution is -0.160. The first-order valence-electron chi connectivity index (χ1n) is 5.43. The van der Waals surface area contributed by atoms with Crippen molar-refractivity contribution in [2.75, 3.05) is 7.11 Å². The summed E-state index contributed by atoms with van der Waals surface area (Å²) >= 11 is 0. The zero-order valence-electron chi connectivity index (χ0n) is 9.03. The van der Waals surface area contributed by atoms with Crippen molar-refractivity contribution in [2.45, 2.75) is 38.5 Å². The second-order valence-corrected chi connectivity index (χ2v) is 4.88. The van der Waals surface area contributed by atoms with Crippen LogP contribution < -0.4 is 0 Å². The molecule has 84 valence electrons. The molecule has 3 rings (SSSR count). The van der Waals surface area contributed by atoms with Gasteiger partial charge in [-0.3, -0.25) is 4.79 Å². The molecule has 0 radical (unpaired) electrons. The molecule has 0 amide bonds. The molecule has 0 atom stereocenters. The van der Waals surface area contributed by atoms with E-state index in [2.05, 4.69) is 5.16 Å². The number of nitrogens with zero attached hydrogens (tertiary/aromatic N) is 1. The summed E-state index contributed by atoms with van der Waals surface area (Å²) in [5.41, 5.74) is -0.190. The second-order valence-electron chi connectivity index (χ2n) is 4.88. The number of rotatable bonds is 2. The first-order valence-corrected chi connectivity index (χ1v) is 5.43. The third-order valence-corrected chi connectivity index (χ3v) is 4.25. The Bertz CT molecular complexity index is 274. The molecule has 0 saturated heterocycles. The molecule has 0 aromatic rings. The Kier molecular flexibility index (Phi) is 2.44. The average molecular weight is 211 g/mol. The standard InChI is InChI=1S/C11H17NO3/c1-15-9(13)11-5-2-10(3-6-11,4-7-11)8-12-14/h8,14H,2-7H2,1H3. The third kappa shape index (κ3) is 1.52. The molecule has 3 fully saturated rings. The lowest BCUT2D eigenvalue weighted by Crippen LogP contribution is -2.47. The van der Waals surface area contributed by atoms with Gasteiger partial charge in [-0.15, -0.1) is 5.16 Å². The number of methoxy groups -OCH3 is 1. The maximum Gasteiger partial charge on any atom is 0.311 e. The molecule has 4 heteroatoms. The first kappa shape index (κ1) is 10.5.